The van der Waals surface area contributed by atoms with Gasteiger partial charge in [0.05, 0.1) is 17.7 Å². The number of halogens is 1. The van der Waals surface area contributed by atoms with Gasteiger partial charge in [0, 0.05) is 12.1 Å². The number of likely N-dealkylation sites (N-methyl/N-ethyl adjacent to an activating group) is 1. The van der Waals surface area contributed by atoms with Gasteiger partial charge >= 0.3 is 0 Å². The molecule has 8 heteroatoms. The lowest BCUT2D eigenvalue weighted by Gasteiger charge is -2.16. The van der Waals surface area contributed by atoms with Crippen LogP contribution in [-0.2, 0) is 14.8 Å². The highest BCUT2D eigenvalue weighted by atomic mass is 35.5. The second kappa shape index (κ2) is 8.24. The topological polar surface area (TPSA) is 78.8 Å². The van der Waals surface area contributed by atoms with Crippen molar-refractivity contribution >= 4 is 33.7 Å². The van der Waals surface area contributed by atoms with Gasteiger partial charge in [0.1, 0.15) is 0 Å². The molecule has 0 saturated carbocycles. The smallest absolute Gasteiger partial charge is 0.255 e. The average Bonchev–Trinajstić information content (AvgIpc) is 2.57. The standard InChI is InChI=1S/C17H18ClN3O3S/c1-13-3-9-16(10-4-13)25(23,24)21(2)12-17(22)20-19-11-14-5-7-15(18)8-6-14/h3-11H,12H2,1-2H3,(H,20,22)/b19-11-. The number of carbonyl (C=O) groups is 1. The van der Waals surface area contributed by atoms with Crippen molar-refractivity contribution in [2.24, 2.45) is 5.10 Å². The molecule has 2 aromatic rings. The summed E-state index contributed by atoms with van der Waals surface area (Å²) in [5.41, 5.74) is 4.01. The molecule has 25 heavy (non-hydrogen) atoms. The van der Waals surface area contributed by atoms with Crippen molar-refractivity contribution in [1.29, 1.82) is 0 Å². The molecule has 1 N–H and O–H groups in total. The SMILES string of the molecule is Cc1ccc(S(=O)(=O)N(C)CC(=O)N/N=C\c2ccc(Cl)cc2)cc1. The summed E-state index contributed by atoms with van der Waals surface area (Å²) in [6.07, 6.45) is 1.45. The Morgan fingerprint density at radius 2 is 1.76 bits per heavy atom. The lowest BCUT2D eigenvalue weighted by atomic mass is 10.2. The molecule has 0 aromatic heterocycles. The zero-order valence-electron chi connectivity index (χ0n) is 13.8. The number of rotatable bonds is 6. The fraction of sp³-hybridized carbons (Fsp3) is 0.176. The van der Waals surface area contributed by atoms with Crippen molar-refractivity contribution in [1.82, 2.24) is 9.73 Å². The van der Waals surface area contributed by atoms with Crippen LogP contribution < -0.4 is 5.43 Å². The first-order valence-electron chi connectivity index (χ1n) is 7.39. The Morgan fingerprint density at radius 3 is 2.36 bits per heavy atom. The molecule has 6 nitrogen and oxygen atoms in total. The molecule has 0 heterocycles. The summed E-state index contributed by atoms with van der Waals surface area (Å²) in [5.74, 6) is -0.539. The van der Waals surface area contributed by atoms with Crippen molar-refractivity contribution < 1.29 is 13.2 Å². The number of hydrogen-bond acceptors (Lipinski definition) is 4. The largest absolute Gasteiger partial charge is 0.272 e. The second-order valence-electron chi connectivity index (χ2n) is 5.42. The Morgan fingerprint density at radius 1 is 1.16 bits per heavy atom. The van der Waals surface area contributed by atoms with E-state index in [0.717, 1.165) is 15.4 Å². The third-order valence-corrected chi connectivity index (χ3v) is 5.44. The van der Waals surface area contributed by atoms with Gasteiger partial charge in [0.15, 0.2) is 0 Å². The van der Waals surface area contributed by atoms with Crippen LogP contribution in [0.15, 0.2) is 58.5 Å². The van der Waals surface area contributed by atoms with E-state index in [1.807, 2.05) is 6.92 Å². The van der Waals surface area contributed by atoms with Crippen LogP contribution >= 0.6 is 11.6 Å². The van der Waals surface area contributed by atoms with Crippen molar-refractivity contribution in [3.63, 3.8) is 0 Å². The van der Waals surface area contributed by atoms with Gasteiger partial charge in [-0.1, -0.05) is 41.4 Å². The monoisotopic (exact) mass is 379 g/mol. The molecule has 0 aliphatic heterocycles. The first-order chi connectivity index (χ1) is 11.8. The normalized spacial score (nSPS) is 11.8. The van der Waals surface area contributed by atoms with E-state index in [9.17, 15) is 13.2 Å². The molecule has 0 saturated heterocycles. The Labute approximate surface area is 152 Å². The van der Waals surface area contributed by atoms with Gasteiger partial charge in [-0.3, -0.25) is 4.79 Å². The van der Waals surface area contributed by atoms with Gasteiger partial charge in [-0.25, -0.2) is 13.8 Å². The number of sulfonamides is 1. The molecule has 0 bridgehead atoms. The fourth-order valence-corrected chi connectivity index (χ4v) is 3.19. The van der Waals surface area contributed by atoms with Crippen LogP contribution in [0.5, 0.6) is 0 Å². The number of nitrogens with one attached hydrogen (secondary N) is 1. The van der Waals surface area contributed by atoms with E-state index < -0.39 is 15.9 Å². The highest BCUT2D eigenvalue weighted by Gasteiger charge is 2.22. The molecule has 0 spiro atoms. The van der Waals surface area contributed by atoms with Crippen LogP contribution in [0.25, 0.3) is 0 Å². The molecule has 0 aliphatic carbocycles. The number of hydrazone groups is 1. The van der Waals surface area contributed by atoms with E-state index in [1.54, 1.807) is 36.4 Å². The zero-order chi connectivity index (χ0) is 18.4. The Bertz CT molecular complexity index is 863. The molecule has 0 radical (unpaired) electrons. The zero-order valence-corrected chi connectivity index (χ0v) is 15.4. The van der Waals surface area contributed by atoms with E-state index in [1.165, 1.54) is 25.4 Å². The summed E-state index contributed by atoms with van der Waals surface area (Å²) >= 11 is 5.78. The average molecular weight is 380 g/mol. The minimum atomic E-state index is -3.73. The fourth-order valence-electron chi connectivity index (χ4n) is 1.94. The maximum Gasteiger partial charge on any atom is 0.255 e. The lowest BCUT2D eigenvalue weighted by Crippen LogP contribution is -2.36. The number of hydrogen-bond donors (Lipinski definition) is 1. The third kappa shape index (κ3) is 5.38. The van der Waals surface area contributed by atoms with Crippen molar-refractivity contribution in [3.05, 3.63) is 64.7 Å². The van der Waals surface area contributed by atoms with Gasteiger partial charge < -0.3 is 0 Å². The Balaban J connectivity index is 1.95. The summed E-state index contributed by atoms with van der Waals surface area (Å²) in [7, 11) is -2.38. The molecular weight excluding hydrogens is 362 g/mol. The quantitative estimate of drug-likeness (QED) is 0.618. The predicted molar refractivity (Wildman–Crippen MR) is 98.2 cm³/mol. The van der Waals surface area contributed by atoms with Gasteiger partial charge in [0.25, 0.3) is 5.91 Å². The molecule has 0 aliphatic rings. The summed E-state index contributed by atoms with van der Waals surface area (Å²) in [5, 5.41) is 4.40. The van der Waals surface area contributed by atoms with Crippen molar-refractivity contribution in [2.75, 3.05) is 13.6 Å². The summed E-state index contributed by atoms with van der Waals surface area (Å²) < 4.78 is 25.8. The first kappa shape index (κ1) is 19.1. The van der Waals surface area contributed by atoms with E-state index >= 15 is 0 Å². The molecular formula is C17H18ClN3O3S. The van der Waals surface area contributed by atoms with E-state index in [4.69, 9.17) is 11.6 Å². The molecule has 1 amide bonds. The molecule has 0 unspecified atom stereocenters. The second-order valence-corrected chi connectivity index (χ2v) is 7.90. The highest BCUT2D eigenvalue weighted by molar-refractivity contribution is 7.89. The number of benzene rings is 2. The number of aryl methyl sites for hydroxylation is 1. The summed E-state index contributed by atoms with van der Waals surface area (Å²) in [4.78, 5) is 12.0. The van der Waals surface area contributed by atoms with Gasteiger partial charge in [-0.2, -0.15) is 9.41 Å². The van der Waals surface area contributed by atoms with Crippen LogP contribution in [0.2, 0.25) is 5.02 Å². The highest BCUT2D eigenvalue weighted by Crippen LogP contribution is 2.14. The van der Waals surface area contributed by atoms with Gasteiger partial charge in [0.2, 0.25) is 10.0 Å². The molecule has 2 aromatic carbocycles. The van der Waals surface area contributed by atoms with Crippen LogP contribution in [0.1, 0.15) is 11.1 Å². The maximum absolute atomic E-state index is 12.4. The molecule has 2 rings (SSSR count). The third-order valence-electron chi connectivity index (χ3n) is 3.37. The Hall–Kier alpha value is -2.22. The number of nitrogens with zero attached hydrogens (tertiary/aromatic N) is 2. The number of carbonyl (C=O) groups excluding carboxylic acids is 1. The van der Waals surface area contributed by atoms with E-state index in [-0.39, 0.29) is 11.4 Å². The Kier molecular flexibility index (Phi) is 6.30. The predicted octanol–water partition coefficient (Wildman–Crippen LogP) is 2.42. The van der Waals surface area contributed by atoms with Crippen molar-refractivity contribution in [2.45, 2.75) is 11.8 Å². The van der Waals surface area contributed by atoms with Crippen LogP contribution in [0.3, 0.4) is 0 Å². The number of amides is 1. The maximum atomic E-state index is 12.4. The molecule has 0 fully saturated rings. The summed E-state index contributed by atoms with van der Waals surface area (Å²) in [6, 6.07) is 13.3. The van der Waals surface area contributed by atoms with Gasteiger partial charge in [-0.15, -0.1) is 0 Å². The first-order valence-corrected chi connectivity index (χ1v) is 9.21. The van der Waals surface area contributed by atoms with Crippen LogP contribution in [0, 0.1) is 6.92 Å². The van der Waals surface area contributed by atoms with Gasteiger partial charge in [-0.05, 0) is 36.8 Å². The van der Waals surface area contributed by atoms with E-state index in [2.05, 4.69) is 10.5 Å². The molecule has 0 atom stereocenters. The minimum absolute atomic E-state index is 0.137. The van der Waals surface area contributed by atoms with Crippen molar-refractivity contribution in [3.8, 4) is 0 Å². The van der Waals surface area contributed by atoms with Crippen LogP contribution in [0.4, 0.5) is 0 Å². The van der Waals surface area contributed by atoms with E-state index in [0.29, 0.717) is 5.02 Å². The molecule has 132 valence electrons. The summed E-state index contributed by atoms with van der Waals surface area (Å²) in [6.45, 7) is 1.53. The lowest BCUT2D eigenvalue weighted by molar-refractivity contribution is -0.121. The minimum Gasteiger partial charge on any atom is -0.272 e. The van der Waals surface area contributed by atoms with Crippen LogP contribution in [-0.4, -0.2) is 38.4 Å².